The van der Waals surface area contributed by atoms with Crippen LogP contribution in [0.25, 0.3) is 0 Å². The highest BCUT2D eigenvalue weighted by Crippen LogP contribution is 2.35. The number of methoxy groups -OCH3 is 2. The third-order valence-electron chi connectivity index (χ3n) is 4.44. The van der Waals surface area contributed by atoms with Gasteiger partial charge in [0.1, 0.15) is 0 Å². The number of rotatable bonds is 5. The van der Waals surface area contributed by atoms with Gasteiger partial charge in [-0.05, 0) is 44.1 Å². The predicted molar refractivity (Wildman–Crippen MR) is 83.4 cm³/mol. The van der Waals surface area contributed by atoms with Crippen molar-refractivity contribution in [2.45, 2.75) is 57.0 Å². The lowest BCUT2D eigenvalue weighted by molar-refractivity contribution is -0.140. The molecule has 122 valence electrons. The maximum absolute atomic E-state index is 12.0. The van der Waals surface area contributed by atoms with Crippen LogP contribution in [-0.4, -0.2) is 43.3 Å². The minimum Gasteiger partial charge on any atom is -0.469 e. The number of fused-ring (bicyclic) bond motifs is 2. The summed E-state index contributed by atoms with van der Waals surface area (Å²) in [4.78, 5) is 25.0. The molecule has 0 aromatic carbocycles. The van der Waals surface area contributed by atoms with Crippen molar-refractivity contribution in [3.63, 3.8) is 0 Å². The maximum Gasteiger partial charge on any atom is 0.410 e. The molecule has 2 rings (SSSR count). The lowest BCUT2D eigenvalue weighted by atomic mass is 9.99. The maximum atomic E-state index is 12.0. The summed E-state index contributed by atoms with van der Waals surface area (Å²) in [6.45, 7) is 0. The summed E-state index contributed by atoms with van der Waals surface area (Å²) < 4.78 is 9.56. The SMILES string of the molecule is COC(=O)CCC/C=C/C1=CCCC2CCC1N2C(=O)OC. The quantitative estimate of drug-likeness (QED) is 0.578. The predicted octanol–water partition coefficient (Wildman–Crippen LogP) is 3.21. The number of allylic oxidation sites excluding steroid dienone is 2. The molecule has 0 aromatic rings. The molecular formula is C17H25NO4. The van der Waals surface area contributed by atoms with Gasteiger partial charge in [0.15, 0.2) is 0 Å². The molecule has 2 bridgehead atoms. The van der Waals surface area contributed by atoms with Gasteiger partial charge in [-0.2, -0.15) is 0 Å². The Morgan fingerprint density at radius 2 is 2.09 bits per heavy atom. The van der Waals surface area contributed by atoms with E-state index in [2.05, 4.69) is 23.0 Å². The second-order valence-electron chi connectivity index (χ2n) is 5.78. The molecule has 2 aliphatic heterocycles. The fourth-order valence-corrected chi connectivity index (χ4v) is 3.32. The molecular weight excluding hydrogens is 282 g/mol. The zero-order valence-electron chi connectivity index (χ0n) is 13.4. The van der Waals surface area contributed by atoms with Gasteiger partial charge >= 0.3 is 12.1 Å². The van der Waals surface area contributed by atoms with Gasteiger partial charge in [0.25, 0.3) is 0 Å². The Hall–Kier alpha value is -1.78. The van der Waals surface area contributed by atoms with Crippen molar-refractivity contribution in [3.8, 4) is 0 Å². The molecule has 5 heteroatoms. The van der Waals surface area contributed by atoms with E-state index >= 15 is 0 Å². The summed E-state index contributed by atoms with van der Waals surface area (Å²) in [6.07, 6.45) is 12.3. The number of hydrogen-bond donors (Lipinski definition) is 0. The summed E-state index contributed by atoms with van der Waals surface area (Å²) in [5.74, 6) is -0.169. The van der Waals surface area contributed by atoms with E-state index < -0.39 is 0 Å². The molecule has 1 amide bonds. The van der Waals surface area contributed by atoms with E-state index in [4.69, 9.17) is 4.74 Å². The second kappa shape index (κ2) is 8.01. The number of amides is 1. The van der Waals surface area contributed by atoms with E-state index in [1.54, 1.807) is 0 Å². The van der Waals surface area contributed by atoms with E-state index in [0.29, 0.717) is 12.5 Å². The zero-order valence-corrected chi connectivity index (χ0v) is 13.4. The van der Waals surface area contributed by atoms with E-state index in [9.17, 15) is 9.59 Å². The number of nitrogens with zero attached hydrogens (tertiary/aromatic N) is 1. The fraction of sp³-hybridized carbons (Fsp3) is 0.647. The molecule has 0 spiro atoms. The molecule has 2 atom stereocenters. The van der Waals surface area contributed by atoms with E-state index in [1.807, 2.05) is 4.90 Å². The van der Waals surface area contributed by atoms with Crippen LogP contribution in [0.15, 0.2) is 23.8 Å². The lowest BCUT2D eigenvalue weighted by Crippen LogP contribution is -2.40. The van der Waals surface area contributed by atoms with Crippen LogP contribution in [0.1, 0.15) is 44.9 Å². The number of unbranched alkanes of at least 4 members (excludes halogenated alkanes) is 1. The van der Waals surface area contributed by atoms with Gasteiger partial charge in [-0.1, -0.05) is 18.2 Å². The van der Waals surface area contributed by atoms with Crippen LogP contribution in [0.3, 0.4) is 0 Å². The third kappa shape index (κ3) is 3.90. The van der Waals surface area contributed by atoms with Gasteiger partial charge in [0, 0.05) is 12.5 Å². The van der Waals surface area contributed by atoms with Crippen LogP contribution in [0, 0.1) is 0 Å². The topological polar surface area (TPSA) is 55.8 Å². The highest BCUT2D eigenvalue weighted by molar-refractivity contribution is 5.70. The Balaban J connectivity index is 1.93. The number of hydrogen-bond acceptors (Lipinski definition) is 4. The average molecular weight is 307 g/mol. The molecule has 1 saturated heterocycles. The Kier molecular flexibility index (Phi) is 6.04. The molecule has 0 N–H and O–H groups in total. The van der Waals surface area contributed by atoms with Crippen LogP contribution in [0.5, 0.6) is 0 Å². The summed E-state index contributed by atoms with van der Waals surface area (Å²) in [5, 5.41) is 0. The largest absolute Gasteiger partial charge is 0.469 e. The average Bonchev–Trinajstić information content (AvgIpc) is 2.85. The third-order valence-corrected chi connectivity index (χ3v) is 4.44. The molecule has 2 aliphatic rings. The summed E-state index contributed by atoms with van der Waals surface area (Å²) in [7, 11) is 2.85. The summed E-state index contributed by atoms with van der Waals surface area (Å²) >= 11 is 0. The van der Waals surface area contributed by atoms with Gasteiger partial charge < -0.3 is 9.47 Å². The number of carbonyl (C=O) groups excluding carboxylic acids is 2. The van der Waals surface area contributed by atoms with Crippen LogP contribution in [0.4, 0.5) is 4.79 Å². The van der Waals surface area contributed by atoms with Crippen LogP contribution in [0.2, 0.25) is 0 Å². The Labute approximate surface area is 131 Å². The van der Waals surface area contributed by atoms with Crippen molar-refractivity contribution < 1.29 is 19.1 Å². The number of esters is 1. The van der Waals surface area contributed by atoms with Crippen LogP contribution < -0.4 is 0 Å². The summed E-state index contributed by atoms with van der Waals surface area (Å²) in [5.41, 5.74) is 1.20. The molecule has 0 radical (unpaired) electrons. The standard InChI is InChI=1S/C17H25NO4/c1-21-16(19)10-5-3-4-7-13-8-6-9-14-11-12-15(13)18(14)17(20)22-2/h4,7-8,14-15H,3,5-6,9-12H2,1-2H3/b7-4+. The van der Waals surface area contributed by atoms with Crippen molar-refractivity contribution in [3.05, 3.63) is 23.8 Å². The monoisotopic (exact) mass is 307 g/mol. The lowest BCUT2D eigenvalue weighted by Gasteiger charge is -2.27. The smallest absolute Gasteiger partial charge is 0.410 e. The van der Waals surface area contributed by atoms with Gasteiger partial charge in [0.2, 0.25) is 0 Å². The molecule has 22 heavy (non-hydrogen) atoms. The minimum atomic E-state index is -0.223. The Morgan fingerprint density at radius 1 is 1.27 bits per heavy atom. The van der Waals surface area contributed by atoms with Crippen molar-refractivity contribution in [1.82, 2.24) is 4.90 Å². The highest BCUT2D eigenvalue weighted by atomic mass is 16.5. The van der Waals surface area contributed by atoms with E-state index in [1.165, 1.54) is 19.8 Å². The number of ether oxygens (including phenoxy) is 2. The van der Waals surface area contributed by atoms with Crippen LogP contribution >= 0.6 is 0 Å². The molecule has 2 heterocycles. The molecule has 5 nitrogen and oxygen atoms in total. The van der Waals surface area contributed by atoms with Gasteiger partial charge in [-0.15, -0.1) is 0 Å². The first kappa shape index (κ1) is 16.6. The van der Waals surface area contributed by atoms with Crippen molar-refractivity contribution >= 4 is 12.1 Å². The van der Waals surface area contributed by atoms with Gasteiger partial charge in [0.05, 0.1) is 20.3 Å². The molecule has 0 aromatic heterocycles. The first-order chi connectivity index (χ1) is 10.7. The molecule has 1 fully saturated rings. The van der Waals surface area contributed by atoms with Crippen LogP contribution in [-0.2, 0) is 14.3 Å². The van der Waals surface area contributed by atoms with Gasteiger partial charge in [-0.3, -0.25) is 9.69 Å². The molecule has 0 aliphatic carbocycles. The zero-order chi connectivity index (χ0) is 15.9. The summed E-state index contributed by atoms with van der Waals surface area (Å²) in [6, 6.07) is 0.440. The fourth-order valence-electron chi connectivity index (χ4n) is 3.32. The normalized spacial score (nSPS) is 24.1. The number of carbonyl (C=O) groups is 2. The van der Waals surface area contributed by atoms with Crippen molar-refractivity contribution in [2.75, 3.05) is 14.2 Å². The highest BCUT2D eigenvalue weighted by Gasteiger charge is 2.39. The van der Waals surface area contributed by atoms with Crippen molar-refractivity contribution in [1.29, 1.82) is 0 Å². The molecule has 2 unspecified atom stereocenters. The Bertz CT molecular complexity index is 469. The Morgan fingerprint density at radius 3 is 2.82 bits per heavy atom. The second-order valence-corrected chi connectivity index (χ2v) is 5.78. The van der Waals surface area contributed by atoms with E-state index in [0.717, 1.165) is 38.5 Å². The van der Waals surface area contributed by atoms with E-state index in [-0.39, 0.29) is 18.1 Å². The first-order valence-electron chi connectivity index (χ1n) is 7.97. The van der Waals surface area contributed by atoms with Gasteiger partial charge in [-0.25, -0.2) is 4.79 Å². The minimum absolute atomic E-state index is 0.136. The molecule has 0 saturated carbocycles. The van der Waals surface area contributed by atoms with Crippen molar-refractivity contribution in [2.24, 2.45) is 0 Å². The first-order valence-corrected chi connectivity index (χ1v) is 7.97.